The second kappa shape index (κ2) is 6.05. The largest absolute Gasteiger partial charge is 0.359 e. The summed E-state index contributed by atoms with van der Waals surface area (Å²) >= 11 is 3.45. The van der Waals surface area contributed by atoms with Crippen LogP contribution in [0, 0.1) is 0 Å². The highest BCUT2D eigenvalue weighted by Crippen LogP contribution is 2.23. The average molecular weight is 298 g/mol. The molecule has 0 amide bonds. The SMILES string of the molecule is CN=C(NC)NCC(C)(C)c1ccc(Br)cc1. The van der Waals surface area contributed by atoms with Gasteiger partial charge in [-0.2, -0.15) is 0 Å². The summed E-state index contributed by atoms with van der Waals surface area (Å²) in [6.45, 7) is 5.26. The molecule has 1 aromatic carbocycles. The minimum Gasteiger partial charge on any atom is -0.359 e. The van der Waals surface area contributed by atoms with Crippen LogP contribution >= 0.6 is 15.9 Å². The molecule has 0 bridgehead atoms. The van der Waals surface area contributed by atoms with Crippen LogP contribution < -0.4 is 10.6 Å². The average Bonchev–Trinajstić information content (AvgIpc) is 2.31. The van der Waals surface area contributed by atoms with Crippen molar-refractivity contribution in [3.8, 4) is 0 Å². The van der Waals surface area contributed by atoms with E-state index in [2.05, 4.69) is 69.7 Å². The highest BCUT2D eigenvalue weighted by atomic mass is 79.9. The Bertz CT molecular complexity index is 382. The predicted octanol–water partition coefficient (Wildman–Crippen LogP) is 2.52. The lowest BCUT2D eigenvalue weighted by molar-refractivity contribution is 0.510. The zero-order valence-electron chi connectivity index (χ0n) is 10.8. The molecule has 0 aromatic heterocycles. The first-order valence-electron chi connectivity index (χ1n) is 5.64. The van der Waals surface area contributed by atoms with Gasteiger partial charge in [0.2, 0.25) is 0 Å². The van der Waals surface area contributed by atoms with Gasteiger partial charge in [-0.05, 0) is 17.7 Å². The van der Waals surface area contributed by atoms with E-state index in [4.69, 9.17) is 0 Å². The van der Waals surface area contributed by atoms with Crippen molar-refractivity contribution in [1.82, 2.24) is 10.6 Å². The molecule has 0 saturated heterocycles. The fraction of sp³-hybridized carbons (Fsp3) is 0.462. The second-order valence-electron chi connectivity index (χ2n) is 4.57. The number of halogens is 1. The van der Waals surface area contributed by atoms with Crippen LogP contribution in [0.2, 0.25) is 0 Å². The Morgan fingerprint density at radius 3 is 2.35 bits per heavy atom. The maximum atomic E-state index is 4.10. The molecular formula is C13H20BrN3. The third-order valence-corrected chi connectivity index (χ3v) is 3.31. The van der Waals surface area contributed by atoms with E-state index in [1.807, 2.05) is 7.05 Å². The first kappa shape index (κ1) is 14.0. The zero-order chi connectivity index (χ0) is 12.9. The van der Waals surface area contributed by atoms with Crippen molar-refractivity contribution in [2.45, 2.75) is 19.3 Å². The maximum absolute atomic E-state index is 4.10. The van der Waals surface area contributed by atoms with E-state index in [9.17, 15) is 0 Å². The van der Waals surface area contributed by atoms with Crippen LogP contribution in [0.15, 0.2) is 33.7 Å². The lowest BCUT2D eigenvalue weighted by atomic mass is 9.85. The molecule has 0 fully saturated rings. The molecule has 0 radical (unpaired) electrons. The normalized spacial score (nSPS) is 12.4. The molecule has 0 atom stereocenters. The van der Waals surface area contributed by atoms with Gasteiger partial charge in [0.1, 0.15) is 0 Å². The summed E-state index contributed by atoms with van der Waals surface area (Å²) < 4.78 is 1.11. The lowest BCUT2D eigenvalue weighted by Crippen LogP contribution is -2.42. The number of nitrogens with zero attached hydrogens (tertiary/aromatic N) is 1. The van der Waals surface area contributed by atoms with E-state index in [1.54, 1.807) is 7.05 Å². The Morgan fingerprint density at radius 1 is 1.29 bits per heavy atom. The summed E-state index contributed by atoms with van der Waals surface area (Å²) in [5.74, 6) is 0.815. The first-order chi connectivity index (χ1) is 7.99. The minimum atomic E-state index is 0.0630. The van der Waals surface area contributed by atoms with Crippen LogP contribution in [0.3, 0.4) is 0 Å². The molecule has 2 N–H and O–H groups in total. The van der Waals surface area contributed by atoms with E-state index < -0.39 is 0 Å². The van der Waals surface area contributed by atoms with Crippen molar-refractivity contribution in [2.24, 2.45) is 4.99 Å². The van der Waals surface area contributed by atoms with Crippen LogP contribution in [0.5, 0.6) is 0 Å². The van der Waals surface area contributed by atoms with Crippen LogP contribution in [0.25, 0.3) is 0 Å². The van der Waals surface area contributed by atoms with E-state index in [-0.39, 0.29) is 5.41 Å². The van der Waals surface area contributed by atoms with Crippen LogP contribution in [-0.4, -0.2) is 26.6 Å². The summed E-state index contributed by atoms with van der Waals surface area (Å²) in [6.07, 6.45) is 0. The van der Waals surface area contributed by atoms with Gasteiger partial charge < -0.3 is 10.6 Å². The molecule has 0 aliphatic heterocycles. The number of aliphatic imine (C=N–C) groups is 1. The standard InChI is InChI=1S/C13H20BrN3/c1-13(2,9-17-12(15-3)16-4)10-5-7-11(14)8-6-10/h5-8H,9H2,1-4H3,(H2,15,16,17). The summed E-state index contributed by atoms with van der Waals surface area (Å²) in [5.41, 5.74) is 1.37. The molecule has 0 saturated carbocycles. The molecule has 4 heteroatoms. The van der Waals surface area contributed by atoms with Gasteiger partial charge in [0.05, 0.1) is 0 Å². The molecule has 3 nitrogen and oxygen atoms in total. The fourth-order valence-corrected chi connectivity index (χ4v) is 1.85. The van der Waals surface area contributed by atoms with Crippen molar-refractivity contribution in [1.29, 1.82) is 0 Å². The van der Waals surface area contributed by atoms with E-state index in [0.29, 0.717) is 0 Å². The Morgan fingerprint density at radius 2 is 1.88 bits per heavy atom. The van der Waals surface area contributed by atoms with E-state index in [0.717, 1.165) is 17.0 Å². The molecule has 1 rings (SSSR count). The Kier molecular flexibility index (Phi) is 5.00. The minimum absolute atomic E-state index is 0.0630. The third-order valence-electron chi connectivity index (χ3n) is 2.78. The van der Waals surface area contributed by atoms with Gasteiger partial charge in [-0.25, -0.2) is 0 Å². The molecular weight excluding hydrogens is 278 g/mol. The van der Waals surface area contributed by atoms with Gasteiger partial charge in [0.15, 0.2) is 5.96 Å². The van der Waals surface area contributed by atoms with Crippen molar-refractivity contribution >= 4 is 21.9 Å². The molecule has 17 heavy (non-hydrogen) atoms. The topological polar surface area (TPSA) is 36.4 Å². The van der Waals surface area contributed by atoms with Gasteiger partial charge in [0, 0.05) is 30.5 Å². The first-order valence-corrected chi connectivity index (χ1v) is 6.43. The van der Waals surface area contributed by atoms with Crippen molar-refractivity contribution in [2.75, 3.05) is 20.6 Å². The van der Waals surface area contributed by atoms with Gasteiger partial charge in [-0.15, -0.1) is 0 Å². The van der Waals surface area contributed by atoms with Crippen LogP contribution in [0.4, 0.5) is 0 Å². The van der Waals surface area contributed by atoms with Gasteiger partial charge in [-0.3, -0.25) is 4.99 Å². The van der Waals surface area contributed by atoms with Crippen molar-refractivity contribution < 1.29 is 0 Å². The zero-order valence-corrected chi connectivity index (χ0v) is 12.4. The number of hydrogen-bond donors (Lipinski definition) is 2. The number of hydrogen-bond acceptors (Lipinski definition) is 1. The number of guanidine groups is 1. The summed E-state index contributed by atoms with van der Waals surface area (Å²) in [7, 11) is 3.63. The third kappa shape index (κ3) is 4.04. The second-order valence-corrected chi connectivity index (χ2v) is 5.48. The molecule has 1 aromatic rings. The predicted molar refractivity (Wildman–Crippen MR) is 77.6 cm³/mol. The van der Waals surface area contributed by atoms with Crippen molar-refractivity contribution in [3.05, 3.63) is 34.3 Å². The molecule has 0 aliphatic rings. The maximum Gasteiger partial charge on any atom is 0.190 e. The van der Waals surface area contributed by atoms with E-state index >= 15 is 0 Å². The summed E-state index contributed by atoms with van der Waals surface area (Å²) in [5, 5.41) is 6.32. The van der Waals surface area contributed by atoms with Gasteiger partial charge >= 0.3 is 0 Å². The molecule has 0 aliphatic carbocycles. The van der Waals surface area contributed by atoms with Crippen LogP contribution in [-0.2, 0) is 5.41 Å². The Labute approximate surface area is 112 Å². The smallest absolute Gasteiger partial charge is 0.190 e. The van der Waals surface area contributed by atoms with Gasteiger partial charge in [-0.1, -0.05) is 41.9 Å². The number of nitrogens with one attached hydrogen (secondary N) is 2. The molecule has 94 valence electrons. The highest BCUT2D eigenvalue weighted by Gasteiger charge is 2.20. The monoisotopic (exact) mass is 297 g/mol. The molecule has 0 unspecified atom stereocenters. The van der Waals surface area contributed by atoms with Gasteiger partial charge in [0.25, 0.3) is 0 Å². The fourth-order valence-electron chi connectivity index (χ4n) is 1.59. The molecule has 0 heterocycles. The summed E-state index contributed by atoms with van der Waals surface area (Å²) in [4.78, 5) is 4.10. The highest BCUT2D eigenvalue weighted by molar-refractivity contribution is 9.10. The van der Waals surface area contributed by atoms with E-state index in [1.165, 1.54) is 5.56 Å². The number of benzene rings is 1. The van der Waals surface area contributed by atoms with Crippen molar-refractivity contribution in [3.63, 3.8) is 0 Å². The number of rotatable bonds is 3. The Balaban J connectivity index is 2.71. The molecule has 0 spiro atoms. The van der Waals surface area contributed by atoms with Crippen LogP contribution in [0.1, 0.15) is 19.4 Å². The summed E-state index contributed by atoms with van der Waals surface area (Å²) in [6, 6.07) is 8.44. The lowest BCUT2D eigenvalue weighted by Gasteiger charge is -2.26. The quantitative estimate of drug-likeness (QED) is 0.664. The Hall–Kier alpha value is -1.03.